The molecule has 2 saturated heterocycles. The number of rotatable bonds is 3. The molecule has 0 radical (unpaired) electrons. The Bertz CT molecular complexity index is 606. The molecule has 3 heterocycles. The minimum Gasteiger partial charge on any atom is -0.454 e. The van der Waals surface area contributed by atoms with Crippen LogP contribution in [0.2, 0.25) is 0 Å². The molecule has 0 spiro atoms. The van der Waals surface area contributed by atoms with Crippen molar-refractivity contribution >= 4 is 5.91 Å². The third-order valence-corrected chi connectivity index (χ3v) is 5.02. The minimum atomic E-state index is -0.285. The summed E-state index contributed by atoms with van der Waals surface area (Å²) in [6, 6.07) is 6.54. The van der Waals surface area contributed by atoms with Crippen molar-refractivity contribution in [2.75, 3.05) is 20.4 Å². The molecule has 1 aromatic carbocycles. The van der Waals surface area contributed by atoms with E-state index in [0.29, 0.717) is 12.8 Å². The SMILES string of the molecule is CNC(=O)[C@@H]1CC[C@@H]2[C@@H](CCN2Cc2ccc3c(c2)OCO3)O1. The lowest BCUT2D eigenvalue weighted by atomic mass is 9.98. The molecule has 0 unspecified atom stereocenters. The van der Waals surface area contributed by atoms with Crippen molar-refractivity contribution in [1.29, 1.82) is 0 Å². The molecule has 124 valence electrons. The minimum absolute atomic E-state index is 0.00216. The average molecular weight is 318 g/mol. The summed E-state index contributed by atoms with van der Waals surface area (Å²) in [6.07, 6.45) is 2.67. The van der Waals surface area contributed by atoms with Gasteiger partial charge in [0.2, 0.25) is 12.7 Å². The molecule has 1 aromatic rings. The highest BCUT2D eigenvalue weighted by molar-refractivity contribution is 5.80. The summed E-state index contributed by atoms with van der Waals surface area (Å²) < 4.78 is 16.8. The summed E-state index contributed by atoms with van der Waals surface area (Å²) in [5.74, 6) is 1.65. The first kappa shape index (κ1) is 14.8. The number of nitrogens with one attached hydrogen (secondary N) is 1. The van der Waals surface area contributed by atoms with E-state index in [2.05, 4.69) is 22.3 Å². The summed E-state index contributed by atoms with van der Waals surface area (Å²) in [6.45, 7) is 2.19. The van der Waals surface area contributed by atoms with Gasteiger partial charge in [-0.15, -0.1) is 0 Å². The molecular formula is C17H22N2O4. The summed E-state index contributed by atoms with van der Waals surface area (Å²) in [5.41, 5.74) is 1.23. The first-order valence-electron chi connectivity index (χ1n) is 8.24. The zero-order valence-electron chi connectivity index (χ0n) is 13.3. The molecule has 3 aliphatic heterocycles. The van der Waals surface area contributed by atoms with E-state index in [1.54, 1.807) is 7.05 Å². The highest BCUT2D eigenvalue weighted by atomic mass is 16.7. The maximum atomic E-state index is 11.8. The zero-order valence-corrected chi connectivity index (χ0v) is 13.3. The molecule has 2 fully saturated rings. The van der Waals surface area contributed by atoms with Crippen molar-refractivity contribution in [3.8, 4) is 11.5 Å². The largest absolute Gasteiger partial charge is 0.454 e. The van der Waals surface area contributed by atoms with E-state index in [-0.39, 0.29) is 18.1 Å². The molecule has 1 amide bonds. The maximum Gasteiger partial charge on any atom is 0.248 e. The van der Waals surface area contributed by atoms with Crippen molar-refractivity contribution < 1.29 is 19.0 Å². The Morgan fingerprint density at radius 2 is 2.13 bits per heavy atom. The molecule has 0 aromatic heterocycles. The summed E-state index contributed by atoms with van der Waals surface area (Å²) in [5, 5.41) is 2.69. The molecule has 1 N–H and O–H groups in total. The number of hydrogen-bond acceptors (Lipinski definition) is 5. The highest BCUT2D eigenvalue weighted by Gasteiger charge is 2.41. The number of ether oxygens (including phenoxy) is 3. The molecule has 6 heteroatoms. The van der Waals surface area contributed by atoms with E-state index in [0.717, 1.165) is 43.9 Å². The Balaban J connectivity index is 1.41. The number of nitrogens with zero attached hydrogens (tertiary/aromatic N) is 1. The van der Waals surface area contributed by atoms with Gasteiger partial charge in [-0.2, -0.15) is 0 Å². The van der Waals surface area contributed by atoms with E-state index in [1.807, 2.05) is 6.07 Å². The molecule has 0 saturated carbocycles. The Labute approximate surface area is 135 Å². The van der Waals surface area contributed by atoms with Gasteiger partial charge in [0.05, 0.1) is 6.10 Å². The molecule has 3 aliphatic rings. The third-order valence-electron chi connectivity index (χ3n) is 5.02. The topological polar surface area (TPSA) is 60.0 Å². The van der Waals surface area contributed by atoms with E-state index in [1.165, 1.54) is 5.56 Å². The Hall–Kier alpha value is -1.79. The molecule has 0 aliphatic carbocycles. The van der Waals surface area contributed by atoms with Crippen LogP contribution in [0.3, 0.4) is 0 Å². The fraction of sp³-hybridized carbons (Fsp3) is 0.588. The van der Waals surface area contributed by atoms with Crippen molar-refractivity contribution in [3.63, 3.8) is 0 Å². The fourth-order valence-corrected chi connectivity index (χ4v) is 3.84. The van der Waals surface area contributed by atoms with Crippen LogP contribution in [0, 0.1) is 0 Å². The predicted octanol–water partition coefficient (Wildman–Crippen LogP) is 1.28. The van der Waals surface area contributed by atoms with E-state index in [4.69, 9.17) is 14.2 Å². The lowest BCUT2D eigenvalue weighted by Crippen LogP contribution is -2.47. The van der Waals surface area contributed by atoms with Crippen LogP contribution < -0.4 is 14.8 Å². The second kappa shape index (κ2) is 6.02. The van der Waals surface area contributed by atoms with Crippen LogP contribution in [-0.4, -0.2) is 49.4 Å². The smallest absolute Gasteiger partial charge is 0.248 e. The Kier molecular flexibility index (Phi) is 3.87. The van der Waals surface area contributed by atoms with Gasteiger partial charge in [0.15, 0.2) is 11.5 Å². The summed E-state index contributed by atoms with van der Waals surface area (Å²) in [4.78, 5) is 14.2. The first-order chi connectivity index (χ1) is 11.2. The average Bonchev–Trinajstić information content (AvgIpc) is 3.20. The van der Waals surface area contributed by atoms with E-state index in [9.17, 15) is 4.79 Å². The van der Waals surface area contributed by atoms with E-state index < -0.39 is 0 Å². The number of benzene rings is 1. The highest BCUT2D eigenvalue weighted by Crippen LogP contribution is 2.35. The molecule has 6 nitrogen and oxygen atoms in total. The molecular weight excluding hydrogens is 296 g/mol. The predicted molar refractivity (Wildman–Crippen MR) is 83.3 cm³/mol. The number of carbonyl (C=O) groups is 1. The lowest BCUT2D eigenvalue weighted by molar-refractivity contribution is -0.143. The second-order valence-corrected chi connectivity index (χ2v) is 6.37. The fourth-order valence-electron chi connectivity index (χ4n) is 3.84. The van der Waals surface area contributed by atoms with Crippen LogP contribution in [0.25, 0.3) is 0 Å². The van der Waals surface area contributed by atoms with Crippen LogP contribution >= 0.6 is 0 Å². The number of likely N-dealkylation sites (tertiary alicyclic amines) is 1. The molecule has 0 bridgehead atoms. The quantitative estimate of drug-likeness (QED) is 0.910. The van der Waals surface area contributed by atoms with Gasteiger partial charge >= 0.3 is 0 Å². The second-order valence-electron chi connectivity index (χ2n) is 6.37. The van der Waals surface area contributed by atoms with Gasteiger partial charge < -0.3 is 19.5 Å². The van der Waals surface area contributed by atoms with Gasteiger partial charge in [0, 0.05) is 26.2 Å². The zero-order chi connectivity index (χ0) is 15.8. The number of fused-ring (bicyclic) bond motifs is 2. The van der Waals surface area contributed by atoms with Crippen LogP contribution in [0.4, 0.5) is 0 Å². The van der Waals surface area contributed by atoms with Gasteiger partial charge in [-0.05, 0) is 37.0 Å². The summed E-state index contributed by atoms with van der Waals surface area (Å²) >= 11 is 0. The van der Waals surface area contributed by atoms with Crippen molar-refractivity contribution in [2.45, 2.75) is 44.1 Å². The maximum absolute atomic E-state index is 11.8. The molecule has 4 rings (SSSR count). The van der Waals surface area contributed by atoms with Gasteiger partial charge in [-0.25, -0.2) is 0 Å². The molecule has 23 heavy (non-hydrogen) atoms. The standard InChI is InChI=1S/C17H22N2O4/c1-18-17(20)15-5-3-12-13(23-15)6-7-19(12)9-11-2-4-14-16(8-11)22-10-21-14/h2,4,8,12-13,15H,3,5-7,9-10H2,1H3,(H,18,20)/t12-,13-,15+/m1/s1. The summed E-state index contributed by atoms with van der Waals surface area (Å²) in [7, 11) is 1.67. The van der Waals surface area contributed by atoms with Gasteiger partial charge in [-0.1, -0.05) is 6.07 Å². The monoisotopic (exact) mass is 318 g/mol. The number of amides is 1. The number of likely N-dealkylation sites (N-methyl/N-ethyl adjacent to an activating group) is 1. The van der Waals surface area contributed by atoms with Crippen molar-refractivity contribution in [2.24, 2.45) is 0 Å². The third kappa shape index (κ3) is 2.77. The van der Waals surface area contributed by atoms with Crippen LogP contribution in [-0.2, 0) is 16.1 Å². The van der Waals surface area contributed by atoms with Gasteiger partial charge in [0.25, 0.3) is 0 Å². The van der Waals surface area contributed by atoms with Gasteiger partial charge in [-0.3, -0.25) is 9.69 Å². The van der Waals surface area contributed by atoms with Crippen molar-refractivity contribution in [1.82, 2.24) is 10.2 Å². The number of carbonyl (C=O) groups excluding carboxylic acids is 1. The van der Waals surface area contributed by atoms with Crippen LogP contribution in [0.5, 0.6) is 11.5 Å². The normalized spacial score (nSPS) is 29.3. The number of hydrogen-bond donors (Lipinski definition) is 1. The Morgan fingerprint density at radius 3 is 3.00 bits per heavy atom. The van der Waals surface area contributed by atoms with E-state index >= 15 is 0 Å². The van der Waals surface area contributed by atoms with Crippen LogP contribution in [0.1, 0.15) is 24.8 Å². The Morgan fingerprint density at radius 1 is 1.26 bits per heavy atom. The van der Waals surface area contributed by atoms with Crippen molar-refractivity contribution in [3.05, 3.63) is 23.8 Å². The van der Waals surface area contributed by atoms with Gasteiger partial charge in [0.1, 0.15) is 6.10 Å². The molecule has 3 atom stereocenters. The first-order valence-corrected chi connectivity index (χ1v) is 8.24. The lowest BCUT2D eigenvalue weighted by Gasteiger charge is -2.35. The van der Waals surface area contributed by atoms with Crippen LogP contribution in [0.15, 0.2) is 18.2 Å².